The minimum atomic E-state index is -0.490. The third kappa shape index (κ3) is 3.86. The summed E-state index contributed by atoms with van der Waals surface area (Å²) in [6, 6.07) is 0.294. The first kappa shape index (κ1) is 20.2. The van der Waals surface area contributed by atoms with Crippen LogP contribution in [0.1, 0.15) is 25.7 Å². The third-order valence-electron chi connectivity index (χ3n) is 6.33. The highest BCUT2D eigenvalue weighted by molar-refractivity contribution is 6.24. The van der Waals surface area contributed by atoms with Crippen LogP contribution in [0.5, 0.6) is 0 Å². The van der Waals surface area contributed by atoms with Crippen LogP contribution in [0.4, 0.5) is 15.0 Å². The highest BCUT2D eigenvalue weighted by atomic mass is 35.5. The highest BCUT2D eigenvalue weighted by Gasteiger charge is 2.35. The minimum absolute atomic E-state index is 0.0450. The maximum absolute atomic E-state index is 14.6. The molecule has 31 heavy (non-hydrogen) atoms. The number of halogens is 2. The van der Waals surface area contributed by atoms with E-state index in [4.69, 9.17) is 11.6 Å². The molecule has 3 unspecified atom stereocenters. The zero-order valence-electron chi connectivity index (χ0n) is 17.3. The van der Waals surface area contributed by atoms with Crippen LogP contribution < -0.4 is 16.0 Å². The molecule has 2 aromatic rings. The summed E-state index contributed by atoms with van der Waals surface area (Å²) in [6.45, 7) is 2.02. The lowest BCUT2D eigenvalue weighted by molar-refractivity contribution is 0.164. The van der Waals surface area contributed by atoms with Crippen molar-refractivity contribution in [2.45, 2.75) is 43.1 Å². The average molecular weight is 446 g/mol. The number of amides is 2. The van der Waals surface area contributed by atoms with Gasteiger partial charge >= 0.3 is 6.03 Å². The Hall–Kier alpha value is -2.68. The summed E-state index contributed by atoms with van der Waals surface area (Å²) in [7, 11) is 1.83. The van der Waals surface area contributed by atoms with Crippen molar-refractivity contribution >= 4 is 29.5 Å². The van der Waals surface area contributed by atoms with E-state index in [0.29, 0.717) is 12.4 Å². The van der Waals surface area contributed by atoms with Crippen molar-refractivity contribution < 1.29 is 9.18 Å². The number of anilines is 1. The quantitative estimate of drug-likeness (QED) is 0.701. The molecule has 8 nitrogen and oxygen atoms in total. The summed E-state index contributed by atoms with van der Waals surface area (Å²) in [6.07, 6.45) is 8.54. The van der Waals surface area contributed by atoms with Crippen molar-refractivity contribution in [1.82, 2.24) is 24.8 Å². The number of nitrogens with one attached hydrogen (secondary N) is 2. The number of aromatic amines is 1. The number of aromatic nitrogens is 3. The molecule has 4 heterocycles. The molecule has 2 aliphatic heterocycles. The van der Waals surface area contributed by atoms with E-state index in [2.05, 4.69) is 25.3 Å². The lowest BCUT2D eigenvalue weighted by Gasteiger charge is -2.35. The van der Waals surface area contributed by atoms with Gasteiger partial charge in [-0.25, -0.2) is 19.2 Å². The predicted molar refractivity (Wildman–Crippen MR) is 116 cm³/mol. The van der Waals surface area contributed by atoms with Crippen LogP contribution in [0.25, 0.3) is 17.5 Å². The van der Waals surface area contributed by atoms with Gasteiger partial charge in [-0.05, 0) is 25.7 Å². The van der Waals surface area contributed by atoms with E-state index in [1.165, 1.54) is 6.20 Å². The van der Waals surface area contributed by atoms with Crippen LogP contribution in [0.3, 0.4) is 0 Å². The van der Waals surface area contributed by atoms with Crippen LogP contribution in [-0.2, 0) is 0 Å². The van der Waals surface area contributed by atoms with Crippen LogP contribution in [0.2, 0.25) is 0 Å². The molecule has 0 spiro atoms. The van der Waals surface area contributed by atoms with Crippen molar-refractivity contribution in [3.63, 3.8) is 0 Å². The number of hydrogen-bond acceptors (Lipinski definition) is 5. The Labute approximate surface area is 184 Å². The van der Waals surface area contributed by atoms with Crippen LogP contribution in [-0.4, -0.2) is 74.9 Å². The molecule has 2 fully saturated rings. The fourth-order valence-electron chi connectivity index (χ4n) is 4.70. The van der Waals surface area contributed by atoms with Gasteiger partial charge in [0.2, 0.25) is 0 Å². The Morgan fingerprint density at radius 2 is 2.19 bits per heavy atom. The molecular formula is C21H25ClFN7O. The topological polar surface area (TPSA) is 89.5 Å². The summed E-state index contributed by atoms with van der Waals surface area (Å²) in [5.74, 6) is 0.115. The normalized spacial score (nSPS) is 25.8. The van der Waals surface area contributed by atoms with Gasteiger partial charge in [0.05, 0.1) is 18.1 Å². The number of nitrogens with zero attached hydrogens (tertiary/aromatic N) is 5. The average Bonchev–Trinajstić information content (AvgIpc) is 3.33. The van der Waals surface area contributed by atoms with Crippen LogP contribution in [0, 0.1) is 5.82 Å². The van der Waals surface area contributed by atoms with E-state index >= 15 is 0 Å². The molecule has 0 bridgehead atoms. The van der Waals surface area contributed by atoms with Crippen molar-refractivity contribution in [3.05, 3.63) is 28.9 Å². The number of hydrogen-bond donors (Lipinski definition) is 2. The zero-order chi connectivity index (χ0) is 21.5. The molecule has 3 atom stereocenters. The Bertz CT molecular complexity index is 1120. The number of likely N-dealkylation sites (N-methyl/N-ethyl adjacent to an activating group) is 1. The fourth-order valence-corrected chi connectivity index (χ4v) is 4.89. The van der Waals surface area contributed by atoms with Gasteiger partial charge in [-0.2, -0.15) is 0 Å². The highest BCUT2D eigenvalue weighted by Crippen LogP contribution is 2.28. The third-order valence-corrected chi connectivity index (χ3v) is 6.60. The zero-order valence-corrected chi connectivity index (χ0v) is 18.1. The van der Waals surface area contributed by atoms with E-state index in [-0.39, 0.29) is 29.3 Å². The number of carbonyl (C=O) groups excluding carboxylic acids is 1. The van der Waals surface area contributed by atoms with Crippen molar-refractivity contribution in [1.29, 1.82) is 0 Å². The summed E-state index contributed by atoms with van der Waals surface area (Å²) in [4.78, 5) is 32.3. The largest absolute Gasteiger partial charge is 0.365 e. The number of fused-ring (bicyclic) bond motifs is 1. The molecular weight excluding hydrogens is 421 g/mol. The molecule has 3 aliphatic rings. The van der Waals surface area contributed by atoms with Gasteiger partial charge in [-0.15, -0.1) is 11.6 Å². The van der Waals surface area contributed by atoms with E-state index in [1.54, 1.807) is 11.1 Å². The summed E-state index contributed by atoms with van der Waals surface area (Å²) in [5, 5.41) is 3.93. The van der Waals surface area contributed by atoms with Crippen molar-refractivity contribution in [2.75, 3.05) is 32.0 Å². The second kappa shape index (κ2) is 8.11. The van der Waals surface area contributed by atoms with Gasteiger partial charge in [0, 0.05) is 49.2 Å². The second-order valence-electron chi connectivity index (χ2n) is 8.44. The number of H-pyrrole nitrogens is 1. The molecule has 1 saturated heterocycles. The number of carbonyl (C=O) groups is 1. The molecule has 2 aromatic heterocycles. The Balaban J connectivity index is 1.37. The van der Waals surface area contributed by atoms with Gasteiger partial charge in [0.15, 0.2) is 17.5 Å². The molecule has 10 heteroatoms. The van der Waals surface area contributed by atoms with Gasteiger partial charge < -0.3 is 20.1 Å². The molecule has 1 saturated carbocycles. The monoisotopic (exact) mass is 445 g/mol. The first-order valence-electron chi connectivity index (χ1n) is 10.7. The Kier molecular flexibility index (Phi) is 5.29. The fraction of sp³-hybridized carbons (Fsp3) is 0.524. The molecule has 164 valence electrons. The molecule has 1 aliphatic carbocycles. The second-order valence-corrected chi connectivity index (χ2v) is 9.00. The number of alkyl halides is 1. The Morgan fingerprint density at radius 1 is 1.32 bits per heavy atom. The smallest absolute Gasteiger partial charge is 0.320 e. The Morgan fingerprint density at radius 3 is 3.00 bits per heavy atom. The lowest BCUT2D eigenvalue weighted by Crippen LogP contribution is -2.44. The summed E-state index contributed by atoms with van der Waals surface area (Å²) >= 11 is 6.23. The molecule has 2 N–H and O–H groups in total. The molecule has 0 aromatic carbocycles. The first-order chi connectivity index (χ1) is 15.0. The van der Waals surface area contributed by atoms with Crippen molar-refractivity contribution in [2.24, 2.45) is 4.99 Å². The van der Waals surface area contributed by atoms with Gasteiger partial charge in [-0.3, -0.25) is 4.99 Å². The molecule has 5 rings (SSSR count). The minimum Gasteiger partial charge on any atom is -0.365 e. The maximum atomic E-state index is 14.6. The van der Waals surface area contributed by atoms with Gasteiger partial charge in [0.25, 0.3) is 0 Å². The van der Waals surface area contributed by atoms with E-state index in [1.807, 2.05) is 18.0 Å². The van der Waals surface area contributed by atoms with E-state index in [0.717, 1.165) is 55.0 Å². The molecule has 2 amide bonds. The maximum Gasteiger partial charge on any atom is 0.320 e. The van der Waals surface area contributed by atoms with E-state index in [9.17, 15) is 9.18 Å². The van der Waals surface area contributed by atoms with Crippen LogP contribution >= 0.6 is 11.6 Å². The first-order valence-corrected chi connectivity index (χ1v) is 11.1. The van der Waals surface area contributed by atoms with Crippen LogP contribution in [0.15, 0.2) is 17.4 Å². The van der Waals surface area contributed by atoms with Crippen molar-refractivity contribution in [3.8, 4) is 11.4 Å². The number of rotatable bonds is 4. The molecule has 0 radical (unpaired) electrons. The van der Waals surface area contributed by atoms with Gasteiger partial charge in [0.1, 0.15) is 5.49 Å². The number of urea groups is 1. The summed E-state index contributed by atoms with van der Waals surface area (Å²) in [5.41, 5.74) is 1.49. The van der Waals surface area contributed by atoms with E-state index < -0.39 is 5.82 Å². The predicted octanol–water partition coefficient (Wildman–Crippen LogP) is 1.72. The standard InChI is InChI=1S/C21H25ClFN7O/c1-29-5-6-30(21(29)31)14-4-2-3-13(8-14)27-20-17(23)11-26-19(28-20)16-10-25-18-15(16)7-12(22)9-24-18/h7,10-14H,2-6,8-9H2,1H3,(H,24,25)(H,26,27,28). The van der Waals surface area contributed by atoms with Gasteiger partial charge in [-0.1, -0.05) is 6.08 Å². The lowest BCUT2D eigenvalue weighted by atomic mass is 9.90. The summed E-state index contributed by atoms with van der Waals surface area (Å²) < 4.78 is 14.6. The SMILES string of the molecule is CN1CCN(C2CCCC(Nc3nc(-c4c[nH]c5c4=CC(Cl)CN=5)ncc3F)C2)C1=O.